The number of carbonyl (C=O) groups is 1. The molecule has 0 aliphatic carbocycles. The zero-order valence-electron chi connectivity index (χ0n) is 13.6. The smallest absolute Gasteiger partial charge is 0.209 e. The fraction of sp³-hybridized carbons (Fsp3) is 0.389. The van der Waals surface area contributed by atoms with Gasteiger partial charge in [0.1, 0.15) is 5.82 Å². The van der Waals surface area contributed by atoms with Gasteiger partial charge in [-0.3, -0.25) is 9.69 Å². The number of rotatable bonds is 7. The molecule has 0 bridgehead atoms. The van der Waals surface area contributed by atoms with E-state index in [9.17, 15) is 9.18 Å². The molecule has 1 aliphatic heterocycles. The number of nitrogens with one attached hydrogen (secondary N) is 1. The fourth-order valence-corrected chi connectivity index (χ4v) is 3.30. The van der Waals surface area contributed by atoms with Crippen molar-refractivity contribution in [3.8, 4) is 0 Å². The minimum atomic E-state index is -0.208. The van der Waals surface area contributed by atoms with E-state index >= 15 is 0 Å². The van der Waals surface area contributed by atoms with Gasteiger partial charge in [0, 0.05) is 18.9 Å². The molecular formula is C18H22FN4O. The summed E-state index contributed by atoms with van der Waals surface area (Å²) in [6.07, 6.45) is 11.0. The van der Waals surface area contributed by atoms with E-state index in [1.165, 1.54) is 12.1 Å². The van der Waals surface area contributed by atoms with Crippen molar-refractivity contribution < 1.29 is 9.18 Å². The number of likely N-dealkylation sites (tertiary alicyclic amines) is 1. The number of imidazole rings is 1. The van der Waals surface area contributed by atoms with Gasteiger partial charge >= 0.3 is 0 Å². The average Bonchev–Trinajstić information content (AvgIpc) is 3.14. The van der Waals surface area contributed by atoms with Crippen LogP contribution in [0.1, 0.15) is 24.8 Å². The molecular weight excluding hydrogens is 307 g/mol. The van der Waals surface area contributed by atoms with Crippen molar-refractivity contribution in [1.29, 1.82) is 0 Å². The topological polar surface area (TPSA) is 50.2 Å². The monoisotopic (exact) mass is 329 g/mol. The Balaban J connectivity index is 1.69. The number of amides is 1. The van der Waals surface area contributed by atoms with Crippen molar-refractivity contribution in [3.63, 3.8) is 0 Å². The number of halogens is 1. The first kappa shape index (κ1) is 16.6. The van der Waals surface area contributed by atoms with Gasteiger partial charge in [0.2, 0.25) is 6.41 Å². The molecule has 5 nitrogen and oxygen atoms in total. The highest BCUT2D eigenvalue weighted by molar-refractivity contribution is 5.49. The SMILES string of the molecule is O=CN[C](C1CCCCN1CCc1ccc(F)cc1)n1ccnc1. The number of carbonyl (C=O) groups excluding carboxylic acids is 1. The van der Waals surface area contributed by atoms with Crippen LogP contribution in [0.25, 0.3) is 0 Å². The molecule has 1 unspecified atom stereocenters. The lowest BCUT2D eigenvalue weighted by Crippen LogP contribution is -2.50. The molecule has 24 heavy (non-hydrogen) atoms. The molecule has 2 aromatic rings. The molecule has 127 valence electrons. The minimum absolute atomic E-state index is 0.151. The molecule has 1 aromatic carbocycles. The zero-order chi connectivity index (χ0) is 16.8. The molecule has 0 saturated carbocycles. The molecule has 1 aliphatic rings. The molecule has 1 fully saturated rings. The third-order valence-corrected chi connectivity index (χ3v) is 4.52. The molecule has 1 atom stereocenters. The van der Waals surface area contributed by atoms with E-state index in [1.807, 2.05) is 22.9 Å². The summed E-state index contributed by atoms with van der Waals surface area (Å²) in [6.45, 7) is 1.86. The van der Waals surface area contributed by atoms with E-state index < -0.39 is 0 Å². The third kappa shape index (κ3) is 4.00. The summed E-state index contributed by atoms with van der Waals surface area (Å²) < 4.78 is 14.9. The Kier molecular flexibility index (Phi) is 5.59. The quantitative estimate of drug-likeness (QED) is 0.792. The highest BCUT2D eigenvalue weighted by Crippen LogP contribution is 2.24. The lowest BCUT2D eigenvalue weighted by atomic mass is 9.98. The first-order valence-corrected chi connectivity index (χ1v) is 8.32. The number of aromatic nitrogens is 2. The van der Waals surface area contributed by atoms with Crippen LogP contribution in [0.15, 0.2) is 43.0 Å². The fourth-order valence-electron chi connectivity index (χ4n) is 3.30. The van der Waals surface area contributed by atoms with Crippen molar-refractivity contribution >= 4 is 6.41 Å². The maximum Gasteiger partial charge on any atom is 0.209 e. The Morgan fingerprint density at radius 1 is 1.33 bits per heavy atom. The first-order chi connectivity index (χ1) is 11.8. The van der Waals surface area contributed by atoms with Gasteiger partial charge in [0.15, 0.2) is 6.17 Å². The van der Waals surface area contributed by atoms with Gasteiger partial charge in [-0.1, -0.05) is 18.6 Å². The van der Waals surface area contributed by atoms with Gasteiger partial charge in [-0.05, 0) is 43.5 Å². The summed E-state index contributed by atoms with van der Waals surface area (Å²) in [5, 5.41) is 2.86. The van der Waals surface area contributed by atoms with Crippen LogP contribution in [-0.4, -0.2) is 40.0 Å². The predicted molar refractivity (Wildman–Crippen MR) is 89.4 cm³/mol. The zero-order valence-corrected chi connectivity index (χ0v) is 13.6. The Labute approximate surface area is 141 Å². The maximum absolute atomic E-state index is 13.0. The number of hydrogen-bond donors (Lipinski definition) is 1. The molecule has 1 saturated heterocycles. The van der Waals surface area contributed by atoms with E-state index in [2.05, 4.69) is 15.2 Å². The van der Waals surface area contributed by atoms with E-state index in [-0.39, 0.29) is 11.9 Å². The number of piperidine rings is 1. The van der Waals surface area contributed by atoms with Gasteiger partial charge in [0.05, 0.1) is 12.4 Å². The highest BCUT2D eigenvalue weighted by atomic mass is 19.1. The molecule has 6 heteroatoms. The van der Waals surface area contributed by atoms with Crippen LogP contribution in [-0.2, 0) is 11.2 Å². The molecule has 1 amide bonds. The number of benzene rings is 1. The third-order valence-electron chi connectivity index (χ3n) is 4.52. The van der Waals surface area contributed by atoms with Crippen LogP contribution in [0, 0.1) is 12.0 Å². The summed E-state index contributed by atoms with van der Waals surface area (Å²) in [5.41, 5.74) is 1.12. The molecule has 1 radical (unpaired) electrons. The normalized spacial score (nSPS) is 18.7. The van der Waals surface area contributed by atoms with Crippen LogP contribution >= 0.6 is 0 Å². The summed E-state index contributed by atoms with van der Waals surface area (Å²) in [6, 6.07) is 6.82. The van der Waals surface area contributed by atoms with Gasteiger partial charge in [-0.15, -0.1) is 0 Å². The molecule has 1 aromatic heterocycles. The second-order valence-corrected chi connectivity index (χ2v) is 6.04. The maximum atomic E-state index is 13.0. The Morgan fingerprint density at radius 2 is 2.17 bits per heavy atom. The van der Waals surface area contributed by atoms with Gasteiger partial charge in [-0.25, -0.2) is 9.37 Å². The Hall–Kier alpha value is -2.21. The first-order valence-electron chi connectivity index (χ1n) is 8.32. The van der Waals surface area contributed by atoms with Crippen molar-refractivity contribution in [3.05, 3.63) is 60.5 Å². The van der Waals surface area contributed by atoms with Crippen LogP contribution in [0.5, 0.6) is 0 Å². The van der Waals surface area contributed by atoms with Crippen molar-refractivity contribution in [2.75, 3.05) is 13.1 Å². The second-order valence-electron chi connectivity index (χ2n) is 6.04. The van der Waals surface area contributed by atoms with E-state index in [1.54, 1.807) is 12.5 Å². The largest absolute Gasteiger partial charge is 0.331 e. The average molecular weight is 329 g/mol. The summed E-state index contributed by atoms with van der Waals surface area (Å²) in [7, 11) is 0. The minimum Gasteiger partial charge on any atom is -0.331 e. The molecule has 3 rings (SSSR count). The molecule has 1 N–H and O–H groups in total. The second kappa shape index (κ2) is 8.06. The Morgan fingerprint density at radius 3 is 2.88 bits per heavy atom. The molecule has 0 spiro atoms. The van der Waals surface area contributed by atoms with Crippen LogP contribution < -0.4 is 5.32 Å². The number of nitrogens with zero attached hydrogens (tertiary/aromatic N) is 3. The Bertz CT molecular complexity index is 629. The number of hydrogen-bond acceptors (Lipinski definition) is 3. The predicted octanol–water partition coefficient (Wildman–Crippen LogP) is 2.20. The van der Waals surface area contributed by atoms with Crippen molar-refractivity contribution in [1.82, 2.24) is 19.8 Å². The summed E-state index contributed by atoms with van der Waals surface area (Å²) in [4.78, 5) is 17.5. The van der Waals surface area contributed by atoms with Gasteiger partial charge in [0.25, 0.3) is 0 Å². The molecule has 2 heterocycles. The summed E-state index contributed by atoms with van der Waals surface area (Å²) in [5.74, 6) is -0.208. The van der Waals surface area contributed by atoms with Crippen molar-refractivity contribution in [2.45, 2.75) is 31.7 Å². The van der Waals surface area contributed by atoms with Gasteiger partial charge in [-0.2, -0.15) is 0 Å². The van der Waals surface area contributed by atoms with Gasteiger partial charge < -0.3 is 9.88 Å². The highest BCUT2D eigenvalue weighted by Gasteiger charge is 2.31. The summed E-state index contributed by atoms with van der Waals surface area (Å²) >= 11 is 0. The lowest BCUT2D eigenvalue weighted by molar-refractivity contribution is -0.109. The van der Waals surface area contributed by atoms with Crippen molar-refractivity contribution in [2.24, 2.45) is 0 Å². The van der Waals surface area contributed by atoms with Crippen LogP contribution in [0.2, 0.25) is 0 Å². The lowest BCUT2D eigenvalue weighted by Gasteiger charge is -2.39. The van der Waals surface area contributed by atoms with Crippen LogP contribution in [0.4, 0.5) is 4.39 Å². The van der Waals surface area contributed by atoms with E-state index in [4.69, 9.17) is 0 Å². The van der Waals surface area contributed by atoms with E-state index in [0.717, 1.165) is 56.9 Å². The van der Waals surface area contributed by atoms with Crippen LogP contribution in [0.3, 0.4) is 0 Å². The van der Waals surface area contributed by atoms with E-state index in [0.29, 0.717) is 0 Å². The standard InChI is InChI=1S/C18H22FN4O/c19-16-6-4-15(5-7-16)8-11-22-10-2-1-3-17(22)18(21-14-24)23-12-9-20-13-23/h4-7,9,12-14,17H,1-3,8,10-11H2,(H,21,24).